The molecule has 0 fully saturated rings. The highest BCUT2D eigenvalue weighted by molar-refractivity contribution is 7.20. The van der Waals surface area contributed by atoms with E-state index in [4.69, 9.17) is 0 Å². The van der Waals surface area contributed by atoms with Gasteiger partial charge < -0.3 is 14.4 Å². The lowest BCUT2D eigenvalue weighted by atomic mass is 9.32. The molecule has 3 nitrogen and oxygen atoms in total. The summed E-state index contributed by atoms with van der Waals surface area (Å²) in [5, 5.41) is 13.1. The Balaban J connectivity index is 0.995. The van der Waals surface area contributed by atoms with Crippen LogP contribution in [0.5, 0.6) is 0 Å². The molecule has 0 radical (unpaired) electrons. The number of nitrogens with zero attached hydrogens (tertiary/aromatic N) is 3. The van der Waals surface area contributed by atoms with Crippen molar-refractivity contribution in [3.05, 3.63) is 363 Å². The maximum atomic E-state index is 2.66. The van der Waals surface area contributed by atoms with Gasteiger partial charge in [-0.05, 0) is 152 Å². The second kappa shape index (κ2) is 24.0. The summed E-state index contributed by atoms with van der Waals surface area (Å²) in [6.45, 7) is 13.8. The molecule has 0 saturated heterocycles. The van der Waals surface area contributed by atoms with Crippen molar-refractivity contribution < 1.29 is 0 Å². The molecule has 2 aliphatic rings. The largest absolute Gasteiger partial charge is 0.311 e. The maximum Gasteiger partial charge on any atom is 0.252 e. The van der Waals surface area contributed by atoms with E-state index < -0.39 is 16.1 Å². The number of para-hydroxylation sites is 2. The molecule has 0 atom stereocenters. The van der Waals surface area contributed by atoms with E-state index >= 15 is 0 Å². The Kier molecular flexibility index (Phi) is 14.8. The van der Waals surface area contributed by atoms with Gasteiger partial charge in [-0.1, -0.05) is 333 Å². The number of hydrogen-bond donors (Lipinski definition) is 0. The van der Waals surface area contributed by atoms with E-state index in [1.165, 1.54) is 113 Å². The number of hydrogen-bond acceptors (Lipinski definition) is 2. The monoisotopic (exact) mass is 1290 g/mol. The summed E-state index contributed by atoms with van der Waals surface area (Å²) in [4.78, 5) is 5.31. The van der Waals surface area contributed by atoms with E-state index in [0.717, 1.165) is 28.4 Å². The molecule has 1 aromatic heterocycles. The molecule has 0 N–H and O–H groups in total. The van der Waals surface area contributed by atoms with E-state index in [9.17, 15) is 0 Å². The quantitative estimate of drug-likeness (QED) is 0.0892. The van der Waals surface area contributed by atoms with Gasteiger partial charge in [0, 0.05) is 44.9 Å². The van der Waals surface area contributed by atoms with E-state index in [0.29, 0.717) is 0 Å². The molecule has 2 aliphatic heterocycles. The number of benzene rings is 14. The number of rotatable bonds is 12. The molecule has 0 unspecified atom stereocenters. The van der Waals surface area contributed by atoms with Crippen molar-refractivity contribution in [1.82, 2.24) is 4.57 Å². The summed E-state index contributed by atoms with van der Waals surface area (Å²) in [6.07, 6.45) is 0. The molecule has 0 aliphatic carbocycles. The first-order valence-corrected chi connectivity index (χ1v) is 38.6. The zero-order chi connectivity index (χ0) is 66.3. The van der Waals surface area contributed by atoms with Gasteiger partial charge in [0.1, 0.15) is 0 Å². The molecule has 15 aromatic rings. The maximum absolute atomic E-state index is 3.04. The van der Waals surface area contributed by atoms with Crippen LogP contribution < -0.4 is 67.7 Å². The van der Waals surface area contributed by atoms with Crippen LogP contribution in [-0.2, 0) is 10.8 Å². The van der Waals surface area contributed by atoms with Crippen molar-refractivity contribution in [2.75, 3.05) is 9.80 Å². The SMILES string of the molecule is CC(C)(C)c1ccc(-c2cccc3c2B2c4ccc(C(C)(C)C)cc4N(c4ccc([Si](c5ccccc5)(c5ccccc5)c5ccccc5)cc4)c4cc(-n5c6ccccc6c6ccccc65)cc(c42)N3c2cccc([Si](c3ccccc3)(c3ccccc3)c3ccccc3)c2)cc1. The summed E-state index contributed by atoms with van der Waals surface area (Å²) >= 11 is 0. The lowest BCUT2D eigenvalue weighted by molar-refractivity contribution is 0.590. The lowest BCUT2D eigenvalue weighted by Gasteiger charge is -2.45. The van der Waals surface area contributed by atoms with Gasteiger partial charge in [-0.3, -0.25) is 0 Å². The van der Waals surface area contributed by atoms with Crippen molar-refractivity contribution in [2.45, 2.75) is 52.4 Å². The van der Waals surface area contributed by atoms with Crippen molar-refractivity contribution in [1.29, 1.82) is 0 Å². The molecule has 3 heterocycles. The second-order valence-corrected chi connectivity index (χ2v) is 36.4. The van der Waals surface area contributed by atoms with Crippen LogP contribution in [0, 0.1) is 0 Å². The third-order valence-corrected chi connectivity index (χ3v) is 30.8. The molecule has 14 aromatic carbocycles. The first-order chi connectivity index (χ1) is 47.9. The predicted octanol–water partition coefficient (Wildman–Crippen LogP) is 15.9. The van der Waals surface area contributed by atoms with E-state index in [1.807, 2.05) is 0 Å². The topological polar surface area (TPSA) is 11.4 Å². The van der Waals surface area contributed by atoms with Crippen molar-refractivity contribution in [2.24, 2.45) is 0 Å². The average Bonchev–Trinajstić information content (AvgIpc) is 0.772. The van der Waals surface area contributed by atoms with Gasteiger partial charge >= 0.3 is 0 Å². The fourth-order valence-electron chi connectivity index (χ4n) is 16.6. The average molecular weight is 1290 g/mol. The van der Waals surface area contributed by atoms with Gasteiger partial charge in [-0.25, -0.2) is 0 Å². The summed E-state index contributed by atoms with van der Waals surface area (Å²) in [7, 11) is -5.95. The predicted molar refractivity (Wildman–Crippen MR) is 425 cm³/mol. The highest BCUT2D eigenvalue weighted by Gasteiger charge is 2.48. The van der Waals surface area contributed by atoms with Gasteiger partial charge in [0.25, 0.3) is 6.71 Å². The van der Waals surface area contributed by atoms with Gasteiger partial charge in [0.05, 0.1) is 16.7 Å². The fourth-order valence-corrected chi connectivity index (χ4v) is 26.2. The smallest absolute Gasteiger partial charge is 0.252 e. The zero-order valence-corrected chi connectivity index (χ0v) is 58.4. The number of anilines is 6. The molecule has 17 rings (SSSR count). The van der Waals surface area contributed by atoms with Crippen LogP contribution in [0.1, 0.15) is 52.7 Å². The highest BCUT2D eigenvalue weighted by atomic mass is 28.3. The van der Waals surface area contributed by atoms with E-state index in [1.54, 1.807) is 0 Å². The van der Waals surface area contributed by atoms with E-state index in [2.05, 4.69) is 408 Å². The molecule has 0 spiro atoms. The lowest BCUT2D eigenvalue weighted by Crippen LogP contribution is -2.74. The standard InChI is InChI=1S/C92H76BN3Si2/c1-91(2,3)66-53-51-65(52-54-66)79-47-30-50-85-89(79)93-82-60-55-67(92(4,5)6)61-86(82)94(68-56-58-77(59-57-68)97(71-32-13-7-14-33-71,72-34-15-8-16-35-72)73-36-17-9-18-37-73)87-63-70(96-83-48-27-25-45-80(83)81-46-26-28-49-84(81)96)64-88(90(87)93)95(85)69-31-29-44-78(62-69)98(74-38-19-10-20-39-74,75-40-21-11-22-41-75)76-42-23-12-24-43-76/h7-64H,1-6H3. The van der Waals surface area contributed by atoms with E-state index in [-0.39, 0.29) is 17.5 Å². The third kappa shape index (κ3) is 9.75. The first kappa shape index (κ1) is 60.6. The second-order valence-electron chi connectivity index (χ2n) is 28.8. The summed E-state index contributed by atoms with van der Waals surface area (Å²) in [5.41, 5.74) is 19.0. The Hall–Kier alpha value is -11.0. The fraction of sp³-hybridized carbons (Fsp3) is 0.0870. The summed E-state index contributed by atoms with van der Waals surface area (Å²) in [6, 6.07) is 135. The number of fused-ring (bicyclic) bond motifs is 7. The van der Waals surface area contributed by atoms with Gasteiger partial charge in [-0.15, -0.1) is 0 Å². The Morgan fingerprint density at radius 3 is 1.13 bits per heavy atom. The summed E-state index contributed by atoms with van der Waals surface area (Å²) in [5.74, 6) is 0. The van der Waals surface area contributed by atoms with Crippen LogP contribution in [-0.4, -0.2) is 27.4 Å². The summed E-state index contributed by atoms with van der Waals surface area (Å²) < 4.78 is 2.54. The number of aromatic nitrogens is 1. The first-order valence-electron chi connectivity index (χ1n) is 34.6. The van der Waals surface area contributed by atoms with Crippen LogP contribution in [0.3, 0.4) is 0 Å². The van der Waals surface area contributed by atoms with Gasteiger partial charge in [-0.2, -0.15) is 0 Å². The third-order valence-electron chi connectivity index (χ3n) is 21.2. The molecular weight excluding hydrogens is 1210 g/mol. The minimum atomic E-state index is -3.04. The van der Waals surface area contributed by atoms with Gasteiger partial charge in [0.2, 0.25) is 0 Å². The van der Waals surface area contributed by atoms with Gasteiger partial charge in [0.15, 0.2) is 16.1 Å². The Morgan fingerprint density at radius 2 is 0.663 bits per heavy atom. The van der Waals surface area contributed by atoms with Crippen LogP contribution in [0.15, 0.2) is 352 Å². The molecular formula is C92H76BN3Si2. The molecule has 6 heteroatoms. The zero-order valence-electron chi connectivity index (χ0n) is 56.4. The Bertz CT molecular complexity index is 5210. The van der Waals surface area contributed by atoms with Crippen LogP contribution >= 0.6 is 0 Å². The molecule has 470 valence electrons. The van der Waals surface area contributed by atoms with Crippen LogP contribution in [0.2, 0.25) is 0 Å². The van der Waals surface area contributed by atoms with Crippen molar-refractivity contribution in [3.63, 3.8) is 0 Å². The molecule has 98 heavy (non-hydrogen) atoms. The highest BCUT2D eigenvalue weighted by Crippen LogP contribution is 2.48. The molecule has 0 bridgehead atoms. The minimum Gasteiger partial charge on any atom is -0.311 e. The van der Waals surface area contributed by atoms with Crippen molar-refractivity contribution in [3.8, 4) is 16.8 Å². The molecule has 0 amide bonds. The van der Waals surface area contributed by atoms with Crippen LogP contribution in [0.4, 0.5) is 34.1 Å². The van der Waals surface area contributed by atoms with Crippen LogP contribution in [0.25, 0.3) is 38.6 Å². The Labute approximate surface area is 579 Å². The molecule has 0 saturated carbocycles. The minimum absolute atomic E-state index is 0.0147. The Morgan fingerprint density at radius 1 is 0.265 bits per heavy atom. The van der Waals surface area contributed by atoms with Crippen molar-refractivity contribution >= 4 is 137 Å². The normalized spacial score (nSPS) is 12.9.